The number of carbonyl (C=O) groups excluding carboxylic acids is 1. The van der Waals surface area contributed by atoms with Crippen molar-refractivity contribution >= 4 is 35.1 Å². The first-order chi connectivity index (χ1) is 11.4. The Bertz CT molecular complexity index is 821. The summed E-state index contributed by atoms with van der Waals surface area (Å²) in [6.45, 7) is 1.98. The van der Waals surface area contributed by atoms with Crippen molar-refractivity contribution in [3.8, 4) is 0 Å². The number of rotatable bonds is 3. The molecule has 0 saturated carbocycles. The summed E-state index contributed by atoms with van der Waals surface area (Å²) in [4.78, 5) is 25.5. The van der Waals surface area contributed by atoms with Gasteiger partial charge in [-0.25, -0.2) is 4.79 Å². The highest BCUT2D eigenvalue weighted by atomic mass is 35.5. The number of nitrogens with zero attached hydrogens (tertiary/aromatic N) is 4. The van der Waals surface area contributed by atoms with E-state index in [1.165, 1.54) is 4.90 Å². The molecule has 1 N–H and O–H groups in total. The molecule has 1 aromatic carbocycles. The molecule has 2 aromatic rings. The van der Waals surface area contributed by atoms with E-state index in [0.717, 1.165) is 0 Å². The minimum atomic E-state index is -1.07. The normalized spacial score (nSPS) is 16.8. The van der Waals surface area contributed by atoms with Crippen LogP contribution < -0.4 is 0 Å². The van der Waals surface area contributed by atoms with E-state index in [4.69, 9.17) is 23.2 Å². The lowest BCUT2D eigenvalue weighted by Gasteiger charge is -2.33. The van der Waals surface area contributed by atoms with Gasteiger partial charge in [-0.1, -0.05) is 29.3 Å². The molecule has 9 heteroatoms. The molecular weight excluding hydrogens is 355 g/mol. The predicted molar refractivity (Wildman–Crippen MR) is 86.9 cm³/mol. The van der Waals surface area contributed by atoms with Gasteiger partial charge < -0.3 is 14.6 Å². The van der Waals surface area contributed by atoms with E-state index in [1.54, 1.807) is 29.7 Å². The van der Waals surface area contributed by atoms with Crippen molar-refractivity contribution < 1.29 is 14.7 Å². The fourth-order valence-corrected chi connectivity index (χ4v) is 3.19. The maximum atomic E-state index is 12.6. The van der Waals surface area contributed by atoms with Crippen LogP contribution in [0.4, 0.5) is 0 Å². The number of hydrogen-bond acceptors (Lipinski definition) is 4. The predicted octanol–water partition coefficient (Wildman–Crippen LogP) is 1.93. The van der Waals surface area contributed by atoms with Crippen LogP contribution in [0.25, 0.3) is 0 Å². The molecule has 0 radical (unpaired) electrons. The van der Waals surface area contributed by atoms with Gasteiger partial charge in [0, 0.05) is 10.0 Å². The molecule has 0 fully saturated rings. The Kier molecular flexibility index (Phi) is 4.47. The van der Waals surface area contributed by atoms with Gasteiger partial charge in [0.1, 0.15) is 11.9 Å². The van der Waals surface area contributed by atoms with E-state index in [1.807, 2.05) is 0 Å². The van der Waals surface area contributed by atoms with Crippen LogP contribution in [0.3, 0.4) is 0 Å². The Morgan fingerprint density at radius 3 is 2.75 bits per heavy atom. The molecule has 0 saturated heterocycles. The molecule has 24 heavy (non-hydrogen) atoms. The molecule has 1 unspecified atom stereocenters. The lowest BCUT2D eigenvalue weighted by molar-refractivity contribution is -0.152. The Balaban J connectivity index is 1.86. The first-order valence-corrected chi connectivity index (χ1v) is 7.97. The highest BCUT2D eigenvalue weighted by Crippen LogP contribution is 2.24. The van der Waals surface area contributed by atoms with Crippen LogP contribution in [-0.4, -0.2) is 42.7 Å². The molecule has 1 atom stereocenters. The van der Waals surface area contributed by atoms with Crippen LogP contribution in [0.1, 0.15) is 17.2 Å². The molecule has 1 aliphatic heterocycles. The van der Waals surface area contributed by atoms with Crippen molar-refractivity contribution in [2.45, 2.75) is 32.5 Å². The van der Waals surface area contributed by atoms with E-state index in [2.05, 4.69) is 10.2 Å². The van der Waals surface area contributed by atoms with E-state index in [9.17, 15) is 14.7 Å². The summed E-state index contributed by atoms with van der Waals surface area (Å²) < 4.78 is 1.72. The third kappa shape index (κ3) is 3.09. The molecule has 7 nitrogen and oxygen atoms in total. The first-order valence-electron chi connectivity index (χ1n) is 7.21. The summed E-state index contributed by atoms with van der Waals surface area (Å²) >= 11 is 11.9. The van der Waals surface area contributed by atoms with Crippen LogP contribution in [0.5, 0.6) is 0 Å². The van der Waals surface area contributed by atoms with Crippen molar-refractivity contribution in [2.75, 3.05) is 0 Å². The van der Waals surface area contributed by atoms with Crippen molar-refractivity contribution in [1.29, 1.82) is 0 Å². The van der Waals surface area contributed by atoms with Crippen LogP contribution in [0.2, 0.25) is 10.0 Å². The quantitative estimate of drug-likeness (QED) is 0.893. The molecule has 3 rings (SSSR count). The third-order valence-electron chi connectivity index (χ3n) is 4.02. The average molecular weight is 369 g/mol. The Morgan fingerprint density at radius 1 is 1.33 bits per heavy atom. The fraction of sp³-hybridized carbons (Fsp3) is 0.333. The Labute approximate surface area is 147 Å². The van der Waals surface area contributed by atoms with Crippen LogP contribution in [0.15, 0.2) is 18.2 Å². The van der Waals surface area contributed by atoms with Crippen molar-refractivity contribution in [3.05, 3.63) is 45.5 Å². The molecule has 1 aromatic heterocycles. The largest absolute Gasteiger partial charge is 0.480 e. The first kappa shape index (κ1) is 16.7. The average Bonchev–Trinajstić information content (AvgIpc) is 2.89. The fourth-order valence-electron chi connectivity index (χ4n) is 2.72. The van der Waals surface area contributed by atoms with Gasteiger partial charge in [-0.05, 0) is 24.6 Å². The van der Waals surface area contributed by atoms with E-state index in [0.29, 0.717) is 27.3 Å². The number of fused-ring (bicyclic) bond motifs is 1. The van der Waals surface area contributed by atoms with E-state index >= 15 is 0 Å². The number of halogens is 2. The van der Waals surface area contributed by atoms with Gasteiger partial charge in [0.05, 0.1) is 19.5 Å². The van der Waals surface area contributed by atoms with Crippen molar-refractivity contribution in [2.24, 2.45) is 0 Å². The number of amides is 1. The molecule has 0 aliphatic carbocycles. The summed E-state index contributed by atoms with van der Waals surface area (Å²) in [6.07, 6.45) is -0.00704. The third-order valence-corrected chi connectivity index (χ3v) is 4.60. The van der Waals surface area contributed by atoms with Gasteiger partial charge in [0.15, 0.2) is 5.82 Å². The number of carboxylic acids is 1. The zero-order chi connectivity index (χ0) is 17.4. The summed E-state index contributed by atoms with van der Waals surface area (Å²) in [7, 11) is 0. The summed E-state index contributed by atoms with van der Waals surface area (Å²) in [5, 5.41) is 18.3. The summed E-state index contributed by atoms with van der Waals surface area (Å²) in [5.74, 6) is -0.201. The number of aryl methyl sites for hydroxylation is 1. The number of hydrogen-bond donors (Lipinski definition) is 1. The SMILES string of the molecule is Cc1nnc2n1CC(C(=O)O)N(C(=O)Cc1ccc(Cl)cc1Cl)C2. The number of benzene rings is 1. The Morgan fingerprint density at radius 2 is 2.08 bits per heavy atom. The lowest BCUT2D eigenvalue weighted by Crippen LogP contribution is -2.51. The maximum Gasteiger partial charge on any atom is 0.328 e. The van der Waals surface area contributed by atoms with Gasteiger partial charge >= 0.3 is 5.97 Å². The smallest absolute Gasteiger partial charge is 0.328 e. The van der Waals surface area contributed by atoms with E-state index < -0.39 is 12.0 Å². The zero-order valence-electron chi connectivity index (χ0n) is 12.7. The standard InChI is InChI=1S/C15H14Cl2N4O3/c1-8-18-19-13-7-21(12(15(23)24)6-20(8)13)14(22)4-9-2-3-10(16)5-11(9)17/h2-3,5,12H,4,6-7H2,1H3,(H,23,24). The minimum absolute atomic E-state index is 0.00704. The highest BCUT2D eigenvalue weighted by molar-refractivity contribution is 6.35. The molecular formula is C15H14Cl2N4O3. The zero-order valence-corrected chi connectivity index (χ0v) is 14.3. The van der Waals surface area contributed by atoms with Gasteiger partial charge in [-0.3, -0.25) is 4.79 Å². The minimum Gasteiger partial charge on any atom is -0.480 e. The summed E-state index contributed by atoms with van der Waals surface area (Å²) in [6, 6.07) is 3.89. The highest BCUT2D eigenvalue weighted by Gasteiger charge is 2.36. The number of aliphatic carboxylic acids is 1. The van der Waals surface area contributed by atoms with Crippen LogP contribution >= 0.6 is 23.2 Å². The second-order valence-corrected chi connectivity index (χ2v) is 6.41. The lowest BCUT2D eigenvalue weighted by atomic mass is 10.1. The van der Waals surface area contributed by atoms with Crippen molar-refractivity contribution in [3.63, 3.8) is 0 Å². The second-order valence-electron chi connectivity index (χ2n) is 5.56. The van der Waals surface area contributed by atoms with Gasteiger partial charge in [0.25, 0.3) is 0 Å². The molecule has 1 aliphatic rings. The van der Waals surface area contributed by atoms with Crippen LogP contribution in [-0.2, 0) is 29.1 Å². The van der Waals surface area contributed by atoms with Gasteiger partial charge in [0.2, 0.25) is 5.91 Å². The van der Waals surface area contributed by atoms with E-state index in [-0.39, 0.29) is 25.4 Å². The van der Waals surface area contributed by atoms with Gasteiger partial charge in [-0.15, -0.1) is 10.2 Å². The molecule has 2 heterocycles. The van der Waals surface area contributed by atoms with Crippen LogP contribution in [0, 0.1) is 6.92 Å². The molecule has 126 valence electrons. The number of aromatic nitrogens is 3. The second kappa shape index (κ2) is 6.41. The molecule has 1 amide bonds. The number of carbonyl (C=O) groups is 2. The number of carboxylic acid groups (broad SMARTS) is 1. The monoisotopic (exact) mass is 368 g/mol. The van der Waals surface area contributed by atoms with Gasteiger partial charge in [-0.2, -0.15) is 0 Å². The van der Waals surface area contributed by atoms with Crippen molar-refractivity contribution in [1.82, 2.24) is 19.7 Å². The topological polar surface area (TPSA) is 88.3 Å². The summed E-state index contributed by atoms with van der Waals surface area (Å²) in [5.41, 5.74) is 0.596. The molecule has 0 spiro atoms. The Hall–Kier alpha value is -2.12. The maximum absolute atomic E-state index is 12.6. The molecule has 0 bridgehead atoms.